The summed E-state index contributed by atoms with van der Waals surface area (Å²) < 4.78 is 0. The van der Waals surface area contributed by atoms with Crippen LogP contribution < -0.4 is 5.32 Å². The van der Waals surface area contributed by atoms with E-state index in [0.29, 0.717) is 12.1 Å². The standard InChI is InChI=1S/C14H31NS/c1-5-6-7-8-9-10-13(2)15-14(3)11-12-16-4/h13-15H,5-12H2,1-4H3. The number of hydrogen-bond donors (Lipinski definition) is 1. The maximum atomic E-state index is 3.69. The van der Waals surface area contributed by atoms with Crippen LogP contribution in [-0.4, -0.2) is 24.1 Å². The fourth-order valence-electron chi connectivity index (χ4n) is 2.00. The molecule has 0 fully saturated rings. The largest absolute Gasteiger partial charge is 0.312 e. The Morgan fingerprint density at radius 2 is 1.56 bits per heavy atom. The number of thioether (sulfide) groups is 1. The molecule has 2 unspecified atom stereocenters. The normalized spacial score (nSPS) is 15.0. The predicted molar refractivity (Wildman–Crippen MR) is 78.4 cm³/mol. The molecule has 0 heterocycles. The Balaban J connectivity index is 3.32. The molecule has 0 aliphatic rings. The first-order chi connectivity index (χ1) is 7.70. The van der Waals surface area contributed by atoms with Crippen molar-refractivity contribution >= 4 is 11.8 Å². The summed E-state index contributed by atoms with van der Waals surface area (Å²) in [6, 6.07) is 1.37. The fourth-order valence-corrected chi connectivity index (χ4v) is 2.59. The molecular weight excluding hydrogens is 214 g/mol. The summed E-state index contributed by atoms with van der Waals surface area (Å²) in [7, 11) is 0. The maximum absolute atomic E-state index is 3.69. The first kappa shape index (κ1) is 16.3. The van der Waals surface area contributed by atoms with E-state index in [1.807, 2.05) is 11.8 Å². The lowest BCUT2D eigenvalue weighted by molar-refractivity contribution is 0.424. The van der Waals surface area contributed by atoms with Crippen LogP contribution in [0.25, 0.3) is 0 Å². The van der Waals surface area contributed by atoms with Crippen LogP contribution in [0.5, 0.6) is 0 Å². The van der Waals surface area contributed by atoms with Gasteiger partial charge in [0.05, 0.1) is 0 Å². The van der Waals surface area contributed by atoms with Gasteiger partial charge >= 0.3 is 0 Å². The highest BCUT2D eigenvalue weighted by atomic mass is 32.2. The van der Waals surface area contributed by atoms with Gasteiger partial charge in [-0.15, -0.1) is 0 Å². The molecule has 0 aromatic carbocycles. The van der Waals surface area contributed by atoms with Gasteiger partial charge in [0.15, 0.2) is 0 Å². The Bertz CT molecular complexity index is 139. The highest BCUT2D eigenvalue weighted by Crippen LogP contribution is 2.08. The van der Waals surface area contributed by atoms with E-state index in [9.17, 15) is 0 Å². The van der Waals surface area contributed by atoms with Gasteiger partial charge in [-0.3, -0.25) is 0 Å². The van der Waals surface area contributed by atoms with Gasteiger partial charge in [-0.05, 0) is 38.7 Å². The van der Waals surface area contributed by atoms with E-state index < -0.39 is 0 Å². The van der Waals surface area contributed by atoms with Gasteiger partial charge in [-0.1, -0.05) is 39.0 Å². The van der Waals surface area contributed by atoms with E-state index in [2.05, 4.69) is 32.3 Å². The van der Waals surface area contributed by atoms with E-state index in [-0.39, 0.29) is 0 Å². The lowest BCUT2D eigenvalue weighted by atomic mass is 10.1. The molecule has 98 valence electrons. The fraction of sp³-hybridized carbons (Fsp3) is 1.00. The Kier molecular flexibility index (Phi) is 12.0. The van der Waals surface area contributed by atoms with E-state index in [1.165, 1.54) is 50.7 Å². The van der Waals surface area contributed by atoms with Crippen molar-refractivity contribution in [3.05, 3.63) is 0 Å². The zero-order valence-electron chi connectivity index (χ0n) is 11.7. The molecule has 0 saturated heterocycles. The zero-order valence-corrected chi connectivity index (χ0v) is 12.5. The molecule has 0 rings (SSSR count). The monoisotopic (exact) mass is 245 g/mol. The number of hydrogen-bond acceptors (Lipinski definition) is 2. The molecule has 0 aromatic rings. The molecule has 2 atom stereocenters. The highest BCUT2D eigenvalue weighted by Gasteiger charge is 2.06. The van der Waals surface area contributed by atoms with Crippen molar-refractivity contribution < 1.29 is 0 Å². The van der Waals surface area contributed by atoms with Crippen molar-refractivity contribution in [3.8, 4) is 0 Å². The Morgan fingerprint density at radius 3 is 2.19 bits per heavy atom. The Morgan fingerprint density at radius 1 is 0.938 bits per heavy atom. The van der Waals surface area contributed by atoms with Crippen molar-refractivity contribution in [2.24, 2.45) is 0 Å². The lowest BCUT2D eigenvalue weighted by Gasteiger charge is -2.19. The molecule has 1 nitrogen and oxygen atoms in total. The van der Waals surface area contributed by atoms with Gasteiger partial charge in [-0.2, -0.15) is 11.8 Å². The molecule has 0 spiro atoms. The van der Waals surface area contributed by atoms with E-state index in [0.717, 1.165) is 0 Å². The van der Waals surface area contributed by atoms with E-state index in [4.69, 9.17) is 0 Å². The van der Waals surface area contributed by atoms with Crippen molar-refractivity contribution in [1.82, 2.24) is 5.32 Å². The highest BCUT2D eigenvalue weighted by molar-refractivity contribution is 7.98. The molecule has 0 amide bonds. The van der Waals surface area contributed by atoms with Crippen LogP contribution in [0.15, 0.2) is 0 Å². The van der Waals surface area contributed by atoms with Crippen LogP contribution in [0.3, 0.4) is 0 Å². The third-order valence-corrected chi connectivity index (χ3v) is 3.71. The minimum Gasteiger partial charge on any atom is -0.312 e. The number of unbranched alkanes of at least 4 members (excludes halogenated alkanes) is 4. The van der Waals surface area contributed by atoms with Crippen LogP contribution in [-0.2, 0) is 0 Å². The number of rotatable bonds is 11. The second-order valence-electron chi connectivity index (χ2n) is 4.95. The Labute approximate surface area is 107 Å². The van der Waals surface area contributed by atoms with Crippen molar-refractivity contribution in [2.75, 3.05) is 12.0 Å². The van der Waals surface area contributed by atoms with Gasteiger partial charge < -0.3 is 5.32 Å². The topological polar surface area (TPSA) is 12.0 Å². The quantitative estimate of drug-likeness (QED) is 0.539. The van der Waals surface area contributed by atoms with Crippen LogP contribution >= 0.6 is 11.8 Å². The molecule has 0 aliphatic heterocycles. The second-order valence-corrected chi connectivity index (χ2v) is 5.94. The van der Waals surface area contributed by atoms with Crippen LogP contribution in [0, 0.1) is 0 Å². The minimum atomic E-state index is 0.679. The molecular formula is C14H31NS. The summed E-state index contributed by atoms with van der Waals surface area (Å²) >= 11 is 1.94. The van der Waals surface area contributed by atoms with E-state index >= 15 is 0 Å². The average molecular weight is 245 g/mol. The maximum Gasteiger partial charge on any atom is 0.00490 e. The summed E-state index contributed by atoms with van der Waals surface area (Å²) in [4.78, 5) is 0. The first-order valence-corrected chi connectivity index (χ1v) is 8.35. The van der Waals surface area contributed by atoms with Crippen molar-refractivity contribution in [3.63, 3.8) is 0 Å². The number of nitrogens with one attached hydrogen (secondary N) is 1. The zero-order chi connectivity index (χ0) is 12.2. The molecule has 0 radical (unpaired) electrons. The summed E-state index contributed by atoms with van der Waals surface area (Å²) in [6.07, 6.45) is 11.8. The minimum absolute atomic E-state index is 0.679. The summed E-state index contributed by atoms with van der Waals surface area (Å²) in [5.74, 6) is 1.28. The third-order valence-electron chi connectivity index (χ3n) is 3.06. The smallest absolute Gasteiger partial charge is 0.00490 e. The van der Waals surface area contributed by atoms with E-state index in [1.54, 1.807) is 0 Å². The molecule has 2 heteroatoms. The van der Waals surface area contributed by atoms with Gasteiger partial charge in [0.1, 0.15) is 0 Å². The SMILES string of the molecule is CCCCCCCC(C)NC(C)CCSC. The summed E-state index contributed by atoms with van der Waals surface area (Å²) in [5.41, 5.74) is 0. The molecule has 0 aliphatic carbocycles. The van der Waals surface area contributed by atoms with Crippen molar-refractivity contribution in [2.45, 2.75) is 77.8 Å². The van der Waals surface area contributed by atoms with Gasteiger partial charge in [-0.25, -0.2) is 0 Å². The van der Waals surface area contributed by atoms with Gasteiger partial charge in [0.2, 0.25) is 0 Å². The lowest BCUT2D eigenvalue weighted by Crippen LogP contribution is -2.34. The molecule has 0 bridgehead atoms. The summed E-state index contributed by atoms with van der Waals surface area (Å²) in [5, 5.41) is 3.69. The van der Waals surface area contributed by atoms with Crippen LogP contribution in [0.2, 0.25) is 0 Å². The van der Waals surface area contributed by atoms with Crippen molar-refractivity contribution in [1.29, 1.82) is 0 Å². The molecule has 0 aromatic heterocycles. The van der Waals surface area contributed by atoms with Crippen LogP contribution in [0.4, 0.5) is 0 Å². The summed E-state index contributed by atoms with van der Waals surface area (Å²) in [6.45, 7) is 6.91. The predicted octanol–water partition coefficient (Wildman–Crippen LogP) is 4.47. The molecule has 16 heavy (non-hydrogen) atoms. The first-order valence-electron chi connectivity index (χ1n) is 6.95. The van der Waals surface area contributed by atoms with Gasteiger partial charge in [0.25, 0.3) is 0 Å². The molecule has 1 N–H and O–H groups in total. The Hall–Kier alpha value is 0.310. The third kappa shape index (κ3) is 10.8. The molecule has 0 saturated carbocycles. The van der Waals surface area contributed by atoms with Crippen LogP contribution in [0.1, 0.15) is 65.7 Å². The second kappa shape index (κ2) is 11.8. The van der Waals surface area contributed by atoms with Gasteiger partial charge in [0, 0.05) is 12.1 Å². The average Bonchev–Trinajstić information content (AvgIpc) is 2.26.